The summed E-state index contributed by atoms with van der Waals surface area (Å²) in [5.74, 6) is -0.147. The standard InChI is InChI=1S/C38H51NO18/c1-18-33(52-19(2)42)34(56-36-31(48)29(46)27(44)24(16-40)54-36)35(57-37-32(49)30(47)28(45)25(17-41)55-37)38(51-18)53-23-11-6-21(7-12-23)14-15-39-26(43)13-8-20-4-9-22(50-3)10-5-20/h4-13,18,24-25,27-38,40-41,44-49H,14-17H2,1-3H3,(H,39,43)/t18-,24+,25+,27+,28+,29-,30-,31+,32+,33-,34+,35+,36-,37-,38-/m0/s1. The van der Waals surface area contributed by atoms with E-state index in [1.165, 1.54) is 13.0 Å². The summed E-state index contributed by atoms with van der Waals surface area (Å²) in [7, 11) is 1.57. The number of nitrogens with one attached hydrogen (secondary N) is 1. The van der Waals surface area contributed by atoms with Crippen molar-refractivity contribution in [2.24, 2.45) is 0 Å². The van der Waals surface area contributed by atoms with E-state index in [0.29, 0.717) is 18.7 Å². The first-order valence-electron chi connectivity index (χ1n) is 18.3. The largest absolute Gasteiger partial charge is 0.497 e. The lowest BCUT2D eigenvalue weighted by atomic mass is 9.96. The summed E-state index contributed by atoms with van der Waals surface area (Å²) in [5.41, 5.74) is 1.65. The third-order valence-corrected chi connectivity index (χ3v) is 9.74. The maximum Gasteiger partial charge on any atom is 0.303 e. The van der Waals surface area contributed by atoms with Gasteiger partial charge in [-0.05, 0) is 54.8 Å². The highest BCUT2D eigenvalue weighted by atomic mass is 16.8. The first-order chi connectivity index (χ1) is 27.2. The van der Waals surface area contributed by atoms with Crippen LogP contribution in [0.1, 0.15) is 25.0 Å². The maximum absolute atomic E-state index is 12.4. The number of aliphatic hydroxyl groups excluding tert-OH is 8. The Labute approximate surface area is 327 Å². The Kier molecular flexibility index (Phi) is 15.7. The molecule has 15 atom stereocenters. The Balaban J connectivity index is 1.34. The molecular weight excluding hydrogens is 758 g/mol. The van der Waals surface area contributed by atoms with Crippen LogP contribution in [0.15, 0.2) is 54.6 Å². The van der Waals surface area contributed by atoms with E-state index in [4.69, 9.17) is 37.9 Å². The van der Waals surface area contributed by atoms with Gasteiger partial charge in [0.15, 0.2) is 24.8 Å². The van der Waals surface area contributed by atoms with Gasteiger partial charge in [-0.3, -0.25) is 9.59 Å². The number of methoxy groups -OCH3 is 1. The van der Waals surface area contributed by atoms with Crippen molar-refractivity contribution in [1.82, 2.24) is 5.32 Å². The summed E-state index contributed by atoms with van der Waals surface area (Å²) in [4.78, 5) is 24.7. The molecule has 0 unspecified atom stereocenters. The fraction of sp³-hybridized carbons (Fsp3) is 0.579. The zero-order valence-electron chi connectivity index (χ0n) is 31.4. The molecule has 19 nitrogen and oxygen atoms in total. The molecule has 0 aliphatic carbocycles. The van der Waals surface area contributed by atoms with E-state index in [2.05, 4.69) is 5.32 Å². The van der Waals surface area contributed by atoms with Crippen LogP contribution in [0.4, 0.5) is 0 Å². The second kappa shape index (κ2) is 20.3. The Morgan fingerprint density at radius 1 is 0.702 bits per heavy atom. The van der Waals surface area contributed by atoms with E-state index in [0.717, 1.165) is 18.1 Å². The van der Waals surface area contributed by atoms with Gasteiger partial charge in [-0.1, -0.05) is 24.3 Å². The predicted octanol–water partition coefficient (Wildman–Crippen LogP) is -2.51. The van der Waals surface area contributed by atoms with Gasteiger partial charge >= 0.3 is 5.97 Å². The SMILES string of the molecule is COc1ccc(C=CC(=O)NCCc2ccc(O[C@@H]3O[C@@H](C)[C@H](OC(C)=O)[C@@H](O[C@@H]4O[C@H](CO)[C@@H](O)[C@H](O)[C@H]4O)[C@H]3O[C@@H]3O[C@H](CO)[C@@H](O)[C@H](O)[C@H]3O)cc2)cc1. The zero-order valence-corrected chi connectivity index (χ0v) is 31.4. The molecule has 19 heteroatoms. The average Bonchev–Trinajstić information content (AvgIpc) is 3.20. The first-order valence-corrected chi connectivity index (χ1v) is 18.3. The number of hydrogen-bond acceptors (Lipinski definition) is 18. The summed E-state index contributed by atoms with van der Waals surface area (Å²) in [5, 5.41) is 85.8. The minimum Gasteiger partial charge on any atom is -0.497 e. The van der Waals surface area contributed by atoms with Gasteiger partial charge in [-0.15, -0.1) is 0 Å². The van der Waals surface area contributed by atoms with E-state index in [1.54, 1.807) is 49.6 Å². The summed E-state index contributed by atoms with van der Waals surface area (Å²) >= 11 is 0. The molecule has 3 saturated heterocycles. The van der Waals surface area contributed by atoms with Crippen molar-refractivity contribution in [3.63, 3.8) is 0 Å². The van der Waals surface area contributed by atoms with Gasteiger partial charge < -0.3 is 84.1 Å². The van der Waals surface area contributed by atoms with Crippen LogP contribution in [-0.4, -0.2) is 172 Å². The molecule has 3 fully saturated rings. The lowest BCUT2D eigenvalue weighted by Gasteiger charge is -2.49. The van der Waals surface area contributed by atoms with Crippen molar-refractivity contribution in [3.8, 4) is 11.5 Å². The highest BCUT2D eigenvalue weighted by molar-refractivity contribution is 5.91. The Morgan fingerprint density at radius 2 is 1.25 bits per heavy atom. The van der Waals surface area contributed by atoms with Gasteiger partial charge in [-0.25, -0.2) is 0 Å². The average molecular weight is 810 g/mol. The maximum atomic E-state index is 12.4. The van der Waals surface area contributed by atoms with Crippen molar-refractivity contribution < 1.29 is 88.3 Å². The van der Waals surface area contributed by atoms with Gasteiger partial charge in [0.2, 0.25) is 12.2 Å². The molecule has 0 spiro atoms. The Bertz CT molecular complexity index is 1610. The molecular formula is C38H51NO18. The molecule has 3 heterocycles. The zero-order chi connectivity index (χ0) is 41.4. The number of aliphatic hydroxyl groups is 8. The highest BCUT2D eigenvalue weighted by Gasteiger charge is 2.55. The number of amides is 1. The molecule has 2 aromatic rings. The number of hydrogen-bond donors (Lipinski definition) is 9. The topological polar surface area (TPSA) is 282 Å². The number of esters is 1. The molecule has 316 valence electrons. The quantitative estimate of drug-likeness (QED) is 0.0664. The van der Waals surface area contributed by atoms with E-state index in [-0.39, 0.29) is 11.7 Å². The van der Waals surface area contributed by atoms with Crippen molar-refractivity contribution in [3.05, 3.63) is 65.7 Å². The van der Waals surface area contributed by atoms with E-state index >= 15 is 0 Å². The molecule has 0 saturated carbocycles. The smallest absolute Gasteiger partial charge is 0.303 e. The van der Waals surface area contributed by atoms with Crippen LogP contribution in [0.3, 0.4) is 0 Å². The molecule has 5 rings (SSSR count). The second-order valence-corrected chi connectivity index (χ2v) is 13.8. The third-order valence-electron chi connectivity index (χ3n) is 9.74. The molecule has 2 aromatic carbocycles. The van der Waals surface area contributed by atoms with Crippen LogP contribution in [0, 0.1) is 0 Å². The van der Waals surface area contributed by atoms with Crippen LogP contribution < -0.4 is 14.8 Å². The van der Waals surface area contributed by atoms with E-state index in [9.17, 15) is 50.4 Å². The van der Waals surface area contributed by atoms with Crippen molar-refractivity contribution in [2.45, 2.75) is 112 Å². The molecule has 0 bridgehead atoms. The first kappa shape index (κ1) is 44.3. The molecule has 57 heavy (non-hydrogen) atoms. The number of benzene rings is 2. The summed E-state index contributed by atoms with van der Waals surface area (Å²) < 4.78 is 46.4. The molecule has 3 aliphatic rings. The molecule has 0 radical (unpaired) electrons. The summed E-state index contributed by atoms with van der Waals surface area (Å²) in [6.07, 6.45) is -20.7. The second-order valence-electron chi connectivity index (χ2n) is 13.8. The van der Waals surface area contributed by atoms with Gasteiger partial charge in [0.1, 0.15) is 66.4 Å². The molecule has 9 N–H and O–H groups in total. The minimum absolute atomic E-state index is 0.224. The fourth-order valence-electron chi connectivity index (χ4n) is 6.54. The number of carbonyl (C=O) groups is 2. The fourth-order valence-corrected chi connectivity index (χ4v) is 6.54. The number of ether oxygens (including phenoxy) is 8. The lowest BCUT2D eigenvalue weighted by Crippen LogP contribution is -2.67. The van der Waals surface area contributed by atoms with E-state index < -0.39 is 111 Å². The van der Waals surface area contributed by atoms with Crippen molar-refractivity contribution in [2.75, 3.05) is 26.9 Å². The highest BCUT2D eigenvalue weighted by Crippen LogP contribution is 2.35. The lowest BCUT2D eigenvalue weighted by molar-refractivity contribution is -0.382. The van der Waals surface area contributed by atoms with Crippen LogP contribution in [0.5, 0.6) is 11.5 Å². The summed E-state index contributed by atoms with van der Waals surface area (Å²) in [6, 6.07) is 13.9. The van der Waals surface area contributed by atoms with Crippen LogP contribution in [0.25, 0.3) is 6.08 Å². The Morgan fingerprint density at radius 3 is 1.77 bits per heavy atom. The number of carbonyl (C=O) groups excluding carboxylic acids is 2. The normalized spacial score (nSPS) is 35.7. The number of rotatable bonds is 15. The molecule has 3 aliphatic heterocycles. The van der Waals surface area contributed by atoms with Crippen molar-refractivity contribution in [1.29, 1.82) is 0 Å². The molecule has 0 aromatic heterocycles. The van der Waals surface area contributed by atoms with E-state index in [1.807, 2.05) is 12.1 Å². The monoisotopic (exact) mass is 809 g/mol. The summed E-state index contributed by atoms with van der Waals surface area (Å²) in [6.45, 7) is 1.39. The Hall–Kier alpha value is -3.80. The van der Waals surface area contributed by atoms with Crippen LogP contribution in [0.2, 0.25) is 0 Å². The van der Waals surface area contributed by atoms with Gasteiger partial charge in [0.25, 0.3) is 0 Å². The van der Waals surface area contributed by atoms with Crippen LogP contribution >= 0.6 is 0 Å². The minimum atomic E-state index is -1.90. The van der Waals surface area contributed by atoms with Gasteiger partial charge in [-0.2, -0.15) is 0 Å². The van der Waals surface area contributed by atoms with Gasteiger partial charge in [0.05, 0.1) is 26.4 Å². The predicted molar refractivity (Wildman–Crippen MR) is 193 cm³/mol. The van der Waals surface area contributed by atoms with Crippen molar-refractivity contribution >= 4 is 18.0 Å². The van der Waals surface area contributed by atoms with Crippen LogP contribution in [-0.2, 0) is 44.4 Å². The molecule has 1 amide bonds. The third kappa shape index (κ3) is 11.0. The van der Waals surface area contributed by atoms with Gasteiger partial charge in [0, 0.05) is 19.5 Å².